The van der Waals surface area contributed by atoms with Crippen molar-refractivity contribution in [2.75, 3.05) is 41.2 Å². The molecule has 0 aliphatic carbocycles. The molecule has 0 spiro atoms. The van der Waals surface area contributed by atoms with Crippen molar-refractivity contribution in [3.8, 4) is 23.0 Å². The Morgan fingerprint density at radius 3 is 1.94 bits per heavy atom. The summed E-state index contributed by atoms with van der Waals surface area (Å²) in [6.07, 6.45) is 4.55. The van der Waals surface area contributed by atoms with E-state index in [-0.39, 0.29) is 12.0 Å². The number of ether oxygens (including phenoxy) is 4. The SMILES string of the molecule is CCCc1cc(OC)c(CC(N)C(CN)c2cc(OC)c(SC)cc2OC)cc1OC. The van der Waals surface area contributed by atoms with Gasteiger partial charge in [0.2, 0.25) is 0 Å². The highest BCUT2D eigenvalue weighted by Crippen LogP contribution is 2.39. The van der Waals surface area contributed by atoms with Crippen molar-refractivity contribution in [3.63, 3.8) is 0 Å². The fourth-order valence-electron chi connectivity index (χ4n) is 3.92. The van der Waals surface area contributed by atoms with Crippen molar-refractivity contribution in [2.45, 2.75) is 43.0 Å². The number of nitrogens with two attached hydrogens (primary N) is 2. The number of aryl methyl sites for hydroxylation is 1. The predicted octanol–water partition coefficient (Wildman–Crippen LogP) is 4.01. The molecule has 172 valence electrons. The Labute approximate surface area is 190 Å². The molecular formula is C24H36N2O4S. The second-order valence-corrected chi connectivity index (χ2v) is 8.23. The zero-order valence-corrected chi connectivity index (χ0v) is 20.3. The predicted molar refractivity (Wildman–Crippen MR) is 128 cm³/mol. The van der Waals surface area contributed by atoms with Crippen molar-refractivity contribution in [3.05, 3.63) is 41.0 Å². The Hall–Kier alpha value is -2.09. The third-order valence-corrected chi connectivity index (χ3v) is 6.32. The van der Waals surface area contributed by atoms with Crippen LogP contribution in [0.5, 0.6) is 23.0 Å². The van der Waals surface area contributed by atoms with E-state index < -0.39 is 0 Å². The van der Waals surface area contributed by atoms with Gasteiger partial charge in [-0.05, 0) is 54.5 Å². The summed E-state index contributed by atoms with van der Waals surface area (Å²) < 4.78 is 22.5. The average Bonchev–Trinajstić information content (AvgIpc) is 2.79. The van der Waals surface area contributed by atoms with E-state index in [1.165, 1.54) is 0 Å². The largest absolute Gasteiger partial charge is 0.496 e. The molecule has 0 radical (unpaired) electrons. The Morgan fingerprint density at radius 1 is 0.839 bits per heavy atom. The maximum atomic E-state index is 6.71. The van der Waals surface area contributed by atoms with Crippen molar-refractivity contribution < 1.29 is 18.9 Å². The normalized spacial score (nSPS) is 12.9. The number of benzene rings is 2. The van der Waals surface area contributed by atoms with Gasteiger partial charge in [-0.2, -0.15) is 0 Å². The van der Waals surface area contributed by atoms with Crippen LogP contribution in [0.4, 0.5) is 0 Å². The topological polar surface area (TPSA) is 89.0 Å². The first-order chi connectivity index (χ1) is 15.0. The minimum atomic E-state index is -0.251. The van der Waals surface area contributed by atoms with Gasteiger partial charge in [0.05, 0.1) is 33.3 Å². The molecule has 7 heteroatoms. The lowest BCUT2D eigenvalue weighted by Gasteiger charge is -2.26. The molecule has 2 aromatic rings. The molecule has 0 fully saturated rings. The molecule has 6 nitrogen and oxygen atoms in total. The van der Waals surface area contributed by atoms with E-state index in [4.69, 9.17) is 30.4 Å². The molecule has 0 saturated carbocycles. The van der Waals surface area contributed by atoms with Crippen LogP contribution >= 0.6 is 11.8 Å². The Bertz CT molecular complexity index is 860. The van der Waals surface area contributed by atoms with Gasteiger partial charge in [-0.25, -0.2) is 0 Å². The highest BCUT2D eigenvalue weighted by atomic mass is 32.2. The van der Waals surface area contributed by atoms with Crippen LogP contribution in [0, 0.1) is 0 Å². The van der Waals surface area contributed by atoms with Crippen LogP contribution in [0.1, 0.15) is 36.0 Å². The maximum Gasteiger partial charge on any atom is 0.132 e. The van der Waals surface area contributed by atoms with Crippen LogP contribution in [-0.4, -0.2) is 47.3 Å². The number of hydrogen-bond donors (Lipinski definition) is 2. The molecule has 4 N–H and O–H groups in total. The summed E-state index contributed by atoms with van der Waals surface area (Å²) in [5.74, 6) is 3.11. The molecule has 0 amide bonds. The maximum absolute atomic E-state index is 6.71. The van der Waals surface area contributed by atoms with Crippen LogP contribution in [-0.2, 0) is 12.8 Å². The number of rotatable bonds is 12. The molecule has 0 heterocycles. The zero-order valence-electron chi connectivity index (χ0n) is 19.5. The van der Waals surface area contributed by atoms with Gasteiger partial charge in [-0.3, -0.25) is 0 Å². The average molecular weight is 449 g/mol. The zero-order chi connectivity index (χ0) is 23.0. The van der Waals surface area contributed by atoms with Gasteiger partial charge < -0.3 is 30.4 Å². The molecule has 0 aliphatic rings. The fraction of sp³-hybridized carbons (Fsp3) is 0.500. The number of thioether (sulfide) groups is 1. The minimum absolute atomic E-state index is 0.120. The summed E-state index contributed by atoms with van der Waals surface area (Å²) in [4.78, 5) is 1.00. The van der Waals surface area contributed by atoms with Gasteiger partial charge in [0.1, 0.15) is 23.0 Å². The lowest BCUT2D eigenvalue weighted by atomic mass is 9.86. The first-order valence-corrected chi connectivity index (χ1v) is 11.7. The molecule has 31 heavy (non-hydrogen) atoms. The summed E-state index contributed by atoms with van der Waals surface area (Å²) in [5.41, 5.74) is 16.0. The van der Waals surface area contributed by atoms with Gasteiger partial charge >= 0.3 is 0 Å². The second kappa shape index (κ2) is 12.1. The second-order valence-electron chi connectivity index (χ2n) is 7.39. The Morgan fingerprint density at radius 2 is 1.42 bits per heavy atom. The third kappa shape index (κ3) is 5.79. The van der Waals surface area contributed by atoms with Crippen LogP contribution in [0.2, 0.25) is 0 Å². The van der Waals surface area contributed by atoms with Crippen molar-refractivity contribution in [1.29, 1.82) is 0 Å². The molecule has 2 atom stereocenters. The minimum Gasteiger partial charge on any atom is -0.496 e. The molecular weight excluding hydrogens is 412 g/mol. The fourth-order valence-corrected chi connectivity index (χ4v) is 4.49. The van der Waals surface area contributed by atoms with Crippen molar-refractivity contribution in [2.24, 2.45) is 11.5 Å². The van der Waals surface area contributed by atoms with E-state index >= 15 is 0 Å². The summed E-state index contributed by atoms with van der Waals surface area (Å²) >= 11 is 1.60. The Balaban J connectivity index is 2.43. The third-order valence-electron chi connectivity index (χ3n) is 5.56. The van der Waals surface area contributed by atoms with E-state index in [1.54, 1.807) is 40.2 Å². The smallest absolute Gasteiger partial charge is 0.132 e. The van der Waals surface area contributed by atoms with Crippen LogP contribution in [0.3, 0.4) is 0 Å². The van der Waals surface area contributed by atoms with Gasteiger partial charge in [0.15, 0.2) is 0 Å². The molecule has 0 saturated heterocycles. The summed E-state index contributed by atoms with van der Waals surface area (Å²) in [6.45, 7) is 2.53. The molecule has 2 aromatic carbocycles. The van der Waals surface area contributed by atoms with Gasteiger partial charge in [-0.1, -0.05) is 13.3 Å². The van der Waals surface area contributed by atoms with Gasteiger partial charge in [0.25, 0.3) is 0 Å². The van der Waals surface area contributed by atoms with Crippen LogP contribution in [0.15, 0.2) is 29.2 Å². The standard InChI is InChI=1S/C24H36N2O4S/c1-7-8-15-10-21(28-3)16(11-20(15)27-2)9-19(26)18(14-25)17-12-23(30-5)24(31-6)13-22(17)29-4/h10-13,18-19H,7-9,14,25-26H2,1-6H3. The first kappa shape index (κ1) is 25.2. The summed E-state index contributed by atoms with van der Waals surface area (Å²) in [6, 6.07) is 7.81. The molecule has 0 aliphatic heterocycles. The molecule has 2 unspecified atom stereocenters. The van der Waals surface area contributed by atoms with Gasteiger partial charge in [-0.15, -0.1) is 11.8 Å². The Kier molecular flexibility index (Phi) is 9.81. The first-order valence-electron chi connectivity index (χ1n) is 10.5. The van der Waals surface area contributed by atoms with Crippen LogP contribution < -0.4 is 30.4 Å². The summed E-state index contributed by atoms with van der Waals surface area (Å²) in [5, 5.41) is 0. The monoisotopic (exact) mass is 448 g/mol. The number of hydrogen-bond acceptors (Lipinski definition) is 7. The van der Waals surface area contributed by atoms with E-state index in [9.17, 15) is 0 Å². The highest BCUT2D eigenvalue weighted by molar-refractivity contribution is 7.98. The molecule has 0 bridgehead atoms. The lowest BCUT2D eigenvalue weighted by Crippen LogP contribution is -2.35. The molecule has 2 rings (SSSR count). The van der Waals surface area contributed by atoms with E-state index in [2.05, 4.69) is 13.0 Å². The van der Waals surface area contributed by atoms with E-state index in [0.29, 0.717) is 13.0 Å². The molecule has 0 aromatic heterocycles. The van der Waals surface area contributed by atoms with Crippen LogP contribution in [0.25, 0.3) is 0 Å². The summed E-state index contributed by atoms with van der Waals surface area (Å²) in [7, 11) is 6.70. The van der Waals surface area contributed by atoms with Crippen molar-refractivity contribution >= 4 is 11.8 Å². The lowest BCUT2D eigenvalue weighted by molar-refractivity contribution is 0.380. The number of methoxy groups -OCH3 is 4. The van der Waals surface area contributed by atoms with E-state index in [1.807, 2.05) is 24.5 Å². The van der Waals surface area contributed by atoms with E-state index in [0.717, 1.165) is 57.4 Å². The highest BCUT2D eigenvalue weighted by Gasteiger charge is 2.26. The van der Waals surface area contributed by atoms with Crippen molar-refractivity contribution in [1.82, 2.24) is 0 Å². The van der Waals surface area contributed by atoms with Gasteiger partial charge in [0, 0.05) is 24.1 Å². The quantitative estimate of drug-likeness (QED) is 0.474.